The number of hydrogen-bond donors (Lipinski definition) is 1. The van der Waals surface area contributed by atoms with Gasteiger partial charge in [-0.3, -0.25) is 19.6 Å². The van der Waals surface area contributed by atoms with Crippen LogP contribution in [-0.2, 0) is 6.54 Å². The van der Waals surface area contributed by atoms with Crippen LogP contribution in [0.4, 0.5) is 11.4 Å². The number of aromatic nitrogens is 2. The van der Waals surface area contributed by atoms with Gasteiger partial charge in [0.15, 0.2) is 5.76 Å². The van der Waals surface area contributed by atoms with E-state index in [1.807, 2.05) is 13.8 Å². The minimum absolute atomic E-state index is 0.0244. The first-order valence-corrected chi connectivity index (χ1v) is 10.1. The van der Waals surface area contributed by atoms with Gasteiger partial charge in [0.25, 0.3) is 11.6 Å². The number of nitro benzene ring substituents is 1. The average Bonchev–Trinajstić information content (AvgIpc) is 3.35. The van der Waals surface area contributed by atoms with Crippen molar-refractivity contribution < 1.29 is 14.1 Å². The molecule has 0 saturated heterocycles. The van der Waals surface area contributed by atoms with Crippen LogP contribution in [0.1, 0.15) is 27.7 Å². The number of anilines is 1. The Bertz CT molecular complexity index is 1310. The number of nitrogens with zero attached hydrogens (tertiary/aromatic N) is 3. The Hall–Kier alpha value is -3.91. The van der Waals surface area contributed by atoms with Gasteiger partial charge in [-0.25, -0.2) is 0 Å². The van der Waals surface area contributed by atoms with Crippen LogP contribution in [0.3, 0.4) is 0 Å². The van der Waals surface area contributed by atoms with E-state index < -0.39 is 10.8 Å². The second-order valence-electron chi connectivity index (χ2n) is 7.21. The lowest BCUT2D eigenvalue weighted by Gasteiger charge is -2.06. The van der Waals surface area contributed by atoms with E-state index in [0.717, 1.165) is 11.4 Å². The number of amides is 1. The first-order chi connectivity index (χ1) is 15.3. The lowest BCUT2D eigenvalue weighted by molar-refractivity contribution is -0.384. The summed E-state index contributed by atoms with van der Waals surface area (Å²) in [5.41, 5.74) is 3.31. The molecule has 1 amide bonds. The van der Waals surface area contributed by atoms with Crippen LogP contribution < -0.4 is 5.32 Å². The van der Waals surface area contributed by atoms with E-state index in [0.29, 0.717) is 34.1 Å². The zero-order valence-electron chi connectivity index (χ0n) is 17.3. The number of nitro groups is 1. The molecule has 8 nitrogen and oxygen atoms in total. The molecular weight excluding hydrogens is 432 g/mol. The largest absolute Gasteiger partial charge is 0.454 e. The molecule has 0 aliphatic carbocycles. The summed E-state index contributed by atoms with van der Waals surface area (Å²) in [6.45, 7) is 4.05. The molecule has 9 heteroatoms. The topological polar surface area (TPSA) is 103 Å². The third-order valence-electron chi connectivity index (χ3n) is 5.04. The van der Waals surface area contributed by atoms with Gasteiger partial charge in [-0.1, -0.05) is 35.9 Å². The van der Waals surface area contributed by atoms with E-state index in [4.69, 9.17) is 16.0 Å². The Balaban J connectivity index is 1.46. The quantitative estimate of drug-likeness (QED) is 0.303. The van der Waals surface area contributed by atoms with Crippen molar-refractivity contribution in [3.8, 4) is 11.1 Å². The molecular formula is C23H19ClN4O4. The molecule has 0 aliphatic rings. The van der Waals surface area contributed by atoms with Gasteiger partial charge >= 0.3 is 0 Å². The van der Waals surface area contributed by atoms with Gasteiger partial charge in [0, 0.05) is 11.8 Å². The van der Waals surface area contributed by atoms with Crippen LogP contribution in [0.2, 0.25) is 5.02 Å². The summed E-state index contributed by atoms with van der Waals surface area (Å²) in [6.07, 6.45) is 0. The highest BCUT2D eigenvalue weighted by Crippen LogP contribution is 2.30. The number of carbonyl (C=O) groups is 1. The van der Waals surface area contributed by atoms with Crippen LogP contribution >= 0.6 is 11.6 Å². The fourth-order valence-corrected chi connectivity index (χ4v) is 3.50. The lowest BCUT2D eigenvalue weighted by atomic mass is 10.0. The summed E-state index contributed by atoms with van der Waals surface area (Å²) in [7, 11) is 0. The number of carbonyl (C=O) groups excluding carboxylic acids is 1. The van der Waals surface area contributed by atoms with Gasteiger partial charge < -0.3 is 9.73 Å². The number of nitrogens with one attached hydrogen (secondary N) is 1. The first kappa shape index (κ1) is 21.3. The summed E-state index contributed by atoms with van der Waals surface area (Å²) < 4.78 is 7.39. The number of benzene rings is 2. The van der Waals surface area contributed by atoms with E-state index in [9.17, 15) is 14.9 Å². The molecule has 0 atom stereocenters. The predicted molar refractivity (Wildman–Crippen MR) is 121 cm³/mol. The van der Waals surface area contributed by atoms with E-state index in [-0.39, 0.29) is 11.4 Å². The van der Waals surface area contributed by atoms with Crippen LogP contribution in [0.5, 0.6) is 0 Å². The number of rotatable bonds is 6. The maximum Gasteiger partial charge on any atom is 0.291 e. The molecule has 1 N–H and O–H groups in total. The normalized spacial score (nSPS) is 10.8. The molecule has 4 rings (SSSR count). The highest BCUT2D eigenvalue weighted by atomic mass is 35.5. The fraction of sp³-hybridized carbons (Fsp3) is 0.130. The highest BCUT2D eigenvalue weighted by molar-refractivity contribution is 6.31. The van der Waals surface area contributed by atoms with E-state index in [1.54, 1.807) is 59.3 Å². The Labute approximate surface area is 188 Å². The van der Waals surface area contributed by atoms with Gasteiger partial charge in [0.05, 0.1) is 33.4 Å². The molecule has 0 radical (unpaired) electrons. The Morgan fingerprint density at radius 3 is 2.50 bits per heavy atom. The minimum atomic E-state index is -0.417. The van der Waals surface area contributed by atoms with Crippen molar-refractivity contribution in [3.63, 3.8) is 0 Å². The zero-order valence-corrected chi connectivity index (χ0v) is 18.1. The summed E-state index contributed by atoms with van der Waals surface area (Å²) in [5.74, 6) is 0.334. The summed E-state index contributed by atoms with van der Waals surface area (Å²) >= 11 is 6.17. The molecule has 0 unspecified atom stereocenters. The number of aryl methyl sites for hydroxylation is 1. The predicted octanol–water partition coefficient (Wildman–Crippen LogP) is 5.62. The zero-order chi connectivity index (χ0) is 22.8. The minimum Gasteiger partial charge on any atom is -0.454 e. The van der Waals surface area contributed by atoms with Crippen molar-refractivity contribution >= 4 is 28.9 Å². The lowest BCUT2D eigenvalue weighted by Crippen LogP contribution is -2.10. The average molecular weight is 451 g/mol. The fourth-order valence-electron chi connectivity index (χ4n) is 3.36. The standard InChI is InChI=1S/C23H19ClN4O4/c1-14-22(24)15(2)27(26-14)13-18-11-12-21(32-18)23(29)25-17-9-7-16(8-10-17)19-5-3-4-6-20(19)28(30)31/h3-12H,13H2,1-2H3,(H,25,29). The number of furan rings is 1. The van der Waals surface area contributed by atoms with Crippen molar-refractivity contribution in [2.45, 2.75) is 20.4 Å². The summed E-state index contributed by atoms with van der Waals surface area (Å²) in [4.78, 5) is 23.4. The Morgan fingerprint density at radius 2 is 1.84 bits per heavy atom. The maximum absolute atomic E-state index is 12.6. The van der Waals surface area contributed by atoms with E-state index in [2.05, 4.69) is 10.4 Å². The van der Waals surface area contributed by atoms with Crippen LogP contribution in [0.15, 0.2) is 65.1 Å². The molecule has 162 valence electrons. The second-order valence-corrected chi connectivity index (χ2v) is 7.59. The van der Waals surface area contributed by atoms with Gasteiger partial charge in [0.1, 0.15) is 5.76 Å². The summed E-state index contributed by atoms with van der Waals surface area (Å²) in [5, 5.41) is 19.0. The third kappa shape index (κ3) is 4.26. The van der Waals surface area contributed by atoms with Crippen molar-refractivity contribution in [1.82, 2.24) is 9.78 Å². The van der Waals surface area contributed by atoms with Crippen molar-refractivity contribution in [2.75, 3.05) is 5.32 Å². The van der Waals surface area contributed by atoms with Gasteiger partial charge in [-0.15, -0.1) is 0 Å². The van der Waals surface area contributed by atoms with E-state index >= 15 is 0 Å². The van der Waals surface area contributed by atoms with Gasteiger partial charge in [-0.05, 0) is 49.7 Å². The SMILES string of the molecule is Cc1nn(Cc2ccc(C(=O)Nc3ccc(-c4ccccc4[N+](=O)[O-])cc3)o2)c(C)c1Cl. The molecule has 32 heavy (non-hydrogen) atoms. The smallest absolute Gasteiger partial charge is 0.291 e. The number of hydrogen-bond acceptors (Lipinski definition) is 5. The molecule has 0 spiro atoms. The van der Waals surface area contributed by atoms with Crippen molar-refractivity contribution in [2.24, 2.45) is 0 Å². The molecule has 4 aromatic rings. The second kappa shape index (κ2) is 8.68. The molecule has 0 fully saturated rings. The monoisotopic (exact) mass is 450 g/mol. The van der Waals surface area contributed by atoms with Crippen molar-refractivity contribution in [3.05, 3.63) is 98.7 Å². The molecule has 0 aliphatic heterocycles. The molecule has 2 heterocycles. The van der Waals surface area contributed by atoms with Crippen molar-refractivity contribution in [1.29, 1.82) is 0 Å². The van der Waals surface area contributed by atoms with Crippen LogP contribution in [-0.4, -0.2) is 20.6 Å². The molecule has 0 saturated carbocycles. The van der Waals surface area contributed by atoms with Crippen LogP contribution in [0.25, 0.3) is 11.1 Å². The third-order valence-corrected chi connectivity index (χ3v) is 5.59. The summed E-state index contributed by atoms with van der Waals surface area (Å²) in [6, 6.07) is 16.6. The first-order valence-electron chi connectivity index (χ1n) is 9.77. The molecule has 2 aromatic carbocycles. The molecule has 0 bridgehead atoms. The van der Waals surface area contributed by atoms with Gasteiger partial charge in [0.2, 0.25) is 0 Å². The number of para-hydroxylation sites is 1. The van der Waals surface area contributed by atoms with Crippen LogP contribution in [0, 0.1) is 24.0 Å². The molecule has 2 aromatic heterocycles. The Morgan fingerprint density at radius 1 is 1.12 bits per heavy atom. The highest BCUT2D eigenvalue weighted by Gasteiger charge is 2.16. The Kier molecular flexibility index (Phi) is 5.79. The maximum atomic E-state index is 12.6. The van der Waals surface area contributed by atoms with Gasteiger partial charge in [-0.2, -0.15) is 5.10 Å². The number of halogens is 1. The van der Waals surface area contributed by atoms with E-state index in [1.165, 1.54) is 6.07 Å².